The minimum Gasteiger partial charge on any atom is -0.481 e. The van der Waals surface area contributed by atoms with Crippen molar-refractivity contribution in [1.29, 1.82) is 5.26 Å². The van der Waals surface area contributed by atoms with E-state index in [4.69, 9.17) is 10.00 Å². The lowest BCUT2D eigenvalue weighted by Gasteiger charge is -2.15. The van der Waals surface area contributed by atoms with E-state index < -0.39 is 22.0 Å². The molecule has 3 rings (SSSR count). The van der Waals surface area contributed by atoms with E-state index in [1.807, 2.05) is 41.2 Å². The summed E-state index contributed by atoms with van der Waals surface area (Å²) in [6.45, 7) is 1.51. The molecule has 0 unspecified atom stereocenters. The fourth-order valence-electron chi connectivity index (χ4n) is 2.49. The highest BCUT2D eigenvalue weighted by Crippen LogP contribution is 2.21. The normalized spacial score (nSPS) is 12.1. The van der Waals surface area contributed by atoms with Crippen LogP contribution in [0.4, 0.5) is 0 Å². The van der Waals surface area contributed by atoms with Gasteiger partial charge in [-0.15, -0.1) is 4.83 Å². The van der Waals surface area contributed by atoms with Crippen molar-refractivity contribution in [2.24, 2.45) is 0 Å². The van der Waals surface area contributed by atoms with Crippen LogP contribution in [0.5, 0.6) is 5.75 Å². The molecule has 0 radical (unpaired) electrons. The van der Waals surface area contributed by atoms with Gasteiger partial charge in [-0.05, 0) is 54.1 Å². The molecule has 3 aromatic rings. The molecular formula is C20H17N3O4S. The number of sulfonamides is 1. The molecule has 0 spiro atoms. The predicted molar refractivity (Wildman–Crippen MR) is 104 cm³/mol. The summed E-state index contributed by atoms with van der Waals surface area (Å²) in [6, 6.07) is 20.4. The SMILES string of the molecule is C[C@@H](Oc1ccc2ccccc2c1)C(=O)NNS(=O)(=O)c1ccc(C#N)cc1. The fourth-order valence-corrected chi connectivity index (χ4v) is 3.33. The Bertz CT molecular complexity index is 1150. The van der Waals surface area contributed by atoms with Gasteiger partial charge in [-0.2, -0.15) is 5.26 Å². The summed E-state index contributed by atoms with van der Waals surface area (Å²) in [5, 5.41) is 10.8. The number of amides is 1. The third-order valence-corrected chi connectivity index (χ3v) is 5.27. The van der Waals surface area contributed by atoms with Crippen molar-refractivity contribution < 1.29 is 17.9 Å². The number of benzene rings is 3. The molecule has 28 heavy (non-hydrogen) atoms. The van der Waals surface area contributed by atoms with Gasteiger partial charge < -0.3 is 4.74 Å². The van der Waals surface area contributed by atoms with Gasteiger partial charge in [0.15, 0.2) is 6.10 Å². The zero-order chi connectivity index (χ0) is 20.1. The number of hydrazine groups is 1. The van der Waals surface area contributed by atoms with Crippen LogP contribution in [0.25, 0.3) is 10.8 Å². The molecule has 0 aromatic heterocycles. The van der Waals surface area contributed by atoms with Crippen LogP contribution < -0.4 is 15.0 Å². The summed E-state index contributed by atoms with van der Waals surface area (Å²) in [6.07, 6.45) is -0.926. The third kappa shape index (κ3) is 4.46. The maximum atomic E-state index is 12.2. The highest BCUT2D eigenvalue weighted by molar-refractivity contribution is 7.89. The zero-order valence-electron chi connectivity index (χ0n) is 14.9. The Balaban J connectivity index is 1.62. The fraction of sp³-hybridized carbons (Fsp3) is 0.100. The molecule has 1 amide bonds. The predicted octanol–water partition coefficient (Wildman–Crippen LogP) is 2.49. The highest BCUT2D eigenvalue weighted by Gasteiger charge is 2.19. The molecule has 2 N–H and O–H groups in total. The number of hydrogen-bond donors (Lipinski definition) is 2. The van der Waals surface area contributed by atoms with Gasteiger partial charge in [0, 0.05) is 0 Å². The van der Waals surface area contributed by atoms with Crippen LogP contribution in [0.2, 0.25) is 0 Å². The van der Waals surface area contributed by atoms with Crippen LogP contribution in [-0.4, -0.2) is 20.4 Å². The number of ether oxygens (including phenoxy) is 1. The van der Waals surface area contributed by atoms with E-state index in [1.54, 1.807) is 12.1 Å². The lowest BCUT2D eigenvalue weighted by Crippen LogP contribution is -2.47. The van der Waals surface area contributed by atoms with E-state index in [1.165, 1.54) is 31.2 Å². The van der Waals surface area contributed by atoms with Crippen molar-refractivity contribution in [3.05, 3.63) is 72.3 Å². The van der Waals surface area contributed by atoms with Crippen LogP contribution >= 0.6 is 0 Å². The molecule has 0 aliphatic rings. The zero-order valence-corrected chi connectivity index (χ0v) is 15.7. The van der Waals surface area contributed by atoms with E-state index in [0.717, 1.165) is 10.8 Å². The van der Waals surface area contributed by atoms with Gasteiger partial charge in [-0.3, -0.25) is 10.2 Å². The number of fused-ring (bicyclic) bond motifs is 1. The number of hydrogen-bond acceptors (Lipinski definition) is 5. The monoisotopic (exact) mass is 395 g/mol. The van der Waals surface area contributed by atoms with E-state index in [9.17, 15) is 13.2 Å². The van der Waals surface area contributed by atoms with Gasteiger partial charge in [-0.1, -0.05) is 30.3 Å². The van der Waals surface area contributed by atoms with E-state index in [-0.39, 0.29) is 4.90 Å². The standard InChI is InChI=1S/C20H17N3O4S/c1-14(27-18-9-8-16-4-2-3-5-17(16)12-18)20(24)22-23-28(25,26)19-10-6-15(13-21)7-11-19/h2-12,14,23H,1H3,(H,22,24)/t14-/m1/s1. The van der Waals surface area contributed by atoms with E-state index >= 15 is 0 Å². The molecule has 0 aliphatic carbocycles. The van der Waals surface area contributed by atoms with Crippen LogP contribution in [0, 0.1) is 11.3 Å². The quantitative estimate of drug-likeness (QED) is 0.624. The lowest BCUT2D eigenvalue weighted by atomic mass is 10.1. The van der Waals surface area contributed by atoms with Crippen LogP contribution in [0.1, 0.15) is 12.5 Å². The van der Waals surface area contributed by atoms with Crippen molar-refractivity contribution in [3.63, 3.8) is 0 Å². The van der Waals surface area contributed by atoms with Crippen LogP contribution in [0.15, 0.2) is 71.6 Å². The average Bonchev–Trinajstić information content (AvgIpc) is 2.72. The second-order valence-electron chi connectivity index (χ2n) is 6.00. The molecule has 8 heteroatoms. The number of nitrogens with one attached hydrogen (secondary N) is 2. The van der Waals surface area contributed by atoms with Crippen LogP contribution in [0.3, 0.4) is 0 Å². The van der Waals surface area contributed by atoms with Crippen molar-refractivity contribution in [1.82, 2.24) is 10.3 Å². The first kappa shape index (κ1) is 19.4. The molecule has 1 atom stereocenters. The van der Waals surface area contributed by atoms with E-state index in [0.29, 0.717) is 11.3 Å². The highest BCUT2D eigenvalue weighted by atomic mass is 32.2. The summed E-state index contributed by atoms with van der Waals surface area (Å²) in [4.78, 5) is 14.1. The summed E-state index contributed by atoms with van der Waals surface area (Å²) in [7, 11) is -3.96. The molecule has 3 aromatic carbocycles. The largest absolute Gasteiger partial charge is 0.481 e. The van der Waals surface area contributed by atoms with Gasteiger partial charge in [0.1, 0.15) is 5.75 Å². The molecule has 7 nitrogen and oxygen atoms in total. The smallest absolute Gasteiger partial charge is 0.275 e. The summed E-state index contributed by atoms with van der Waals surface area (Å²) >= 11 is 0. The number of nitriles is 1. The van der Waals surface area contributed by atoms with Gasteiger partial charge in [-0.25, -0.2) is 8.42 Å². The topological polar surface area (TPSA) is 108 Å². The maximum Gasteiger partial charge on any atom is 0.275 e. The molecule has 0 saturated heterocycles. The molecule has 0 bridgehead atoms. The Labute approximate surface area is 162 Å². The van der Waals surface area contributed by atoms with Gasteiger partial charge in [0.05, 0.1) is 16.5 Å². The second kappa shape index (κ2) is 8.08. The Morgan fingerprint density at radius 3 is 2.39 bits per heavy atom. The van der Waals surface area contributed by atoms with E-state index in [2.05, 4.69) is 5.43 Å². The third-order valence-electron chi connectivity index (χ3n) is 4.01. The maximum absolute atomic E-state index is 12.2. The molecule has 142 valence electrons. The van der Waals surface area contributed by atoms with Gasteiger partial charge in [0.2, 0.25) is 0 Å². The first-order valence-corrected chi connectivity index (χ1v) is 9.85. The Kier molecular flexibility index (Phi) is 5.59. The van der Waals surface area contributed by atoms with Crippen molar-refractivity contribution in [2.75, 3.05) is 0 Å². The Morgan fingerprint density at radius 2 is 1.71 bits per heavy atom. The summed E-state index contributed by atoms with van der Waals surface area (Å²) in [5.74, 6) is -0.151. The summed E-state index contributed by atoms with van der Waals surface area (Å²) in [5.41, 5.74) is 2.47. The number of carbonyl (C=O) groups excluding carboxylic acids is 1. The van der Waals surface area contributed by atoms with Crippen molar-refractivity contribution in [2.45, 2.75) is 17.9 Å². The average molecular weight is 395 g/mol. The summed E-state index contributed by atoms with van der Waals surface area (Å²) < 4.78 is 30.0. The molecule has 0 fully saturated rings. The molecule has 0 saturated carbocycles. The first-order chi connectivity index (χ1) is 13.4. The number of carbonyl (C=O) groups is 1. The first-order valence-electron chi connectivity index (χ1n) is 8.36. The minimum absolute atomic E-state index is 0.0742. The molecule has 0 heterocycles. The number of nitrogens with zero attached hydrogens (tertiary/aromatic N) is 1. The molecular weight excluding hydrogens is 378 g/mol. The Morgan fingerprint density at radius 1 is 1.04 bits per heavy atom. The van der Waals surface area contributed by atoms with Gasteiger partial charge >= 0.3 is 0 Å². The van der Waals surface area contributed by atoms with Crippen LogP contribution in [-0.2, 0) is 14.8 Å². The van der Waals surface area contributed by atoms with Crippen molar-refractivity contribution in [3.8, 4) is 11.8 Å². The number of rotatable bonds is 6. The van der Waals surface area contributed by atoms with Gasteiger partial charge in [0.25, 0.3) is 15.9 Å². The second-order valence-corrected chi connectivity index (χ2v) is 7.68. The van der Waals surface area contributed by atoms with Crippen molar-refractivity contribution >= 4 is 26.7 Å². The Hall–Kier alpha value is -3.41. The minimum atomic E-state index is -3.96. The molecule has 0 aliphatic heterocycles. The lowest BCUT2D eigenvalue weighted by molar-refractivity contribution is -0.127.